The predicted molar refractivity (Wildman–Crippen MR) is 131 cm³/mol. The van der Waals surface area contributed by atoms with E-state index in [1.807, 2.05) is 43.6 Å². The molecule has 0 unspecified atom stereocenters. The molecule has 0 bridgehead atoms. The van der Waals surface area contributed by atoms with Gasteiger partial charge in [0.05, 0.1) is 11.1 Å². The number of halogens is 1. The molecule has 0 atom stereocenters. The Hall–Kier alpha value is -3.50. The molecular formula is C29H26FN2O+. The van der Waals surface area contributed by atoms with Gasteiger partial charge in [0.15, 0.2) is 6.20 Å². The van der Waals surface area contributed by atoms with E-state index in [0.29, 0.717) is 11.1 Å². The number of pyridine rings is 1. The number of fused-ring (bicyclic) bond motifs is 4. The van der Waals surface area contributed by atoms with Crippen molar-refractivity contribution in [2.24, 2.45) is 7.05 Å². The van der Waals surface area contributed by atoms with E-state index in [9.17, 15) is 0 Å². The van der Waals surface area contributed by atoms with Crippen molar-refractivity contribution < 1.29 is 13.4 Å². The lowest BCUT2D eigenvalue weighted by Gasteiger charge is -2.27. The summed E-state index contributed by atoms with van der Waals surface area (Å²) in [6.45, 7) is 3.95. The third kappa shape index (κ3) is 3.09. The summed E-state index contributed by atoms with van der Waals surface area (Å²) in [4.78, 5) is 2.30. The summed E-state index contributed by atoms with van der Waals surface area (Å²) >= 11 is 0. The molecule has 0 N–H and O–H groups in total. The van der Waals surface area contributed by atoms with Crippen LogP contribution in [-0.4, -0.2) is 18.5 Å². The molecule has 1 aliphatic rings. The zero-order chi connectivity index (χ0) is 22.7. The normalized spacial score (nSPS) is 14.2. The van der Waals surface area contributed by atoms with Crippen LogP contribution in [0.3, 0.4) is 0 Å². The lowest BCUT2D eigenvalue weighted by atomic mass is 9.90. The molecule has 0 radical (unpaired) electrons. The molecule has 2 aromatic heterocycles. The quantitative estimate of drug-likeness (QED) is 0.307. The molecular weight excluding hydrogens is 411 g/mol. The molecule has 0 saturated carbocycles. The van der Waals surface area contributed by atoms with Crippen molar-refractivity contribution in [1.82, 2.24) is 4.90 Å². The second kappa shape index (κ2) is 7.53. The highest BCUT2D eigenvalue weighted by molar-refractivity contribution is 6.13. The van der Waals surface area contributed by atoms with E-state index in [-0.39, 0.29) is 5.82 Å². The molecule has 1 aliphatic heterocycles. The van der Waals surface area contributed by atoms with Crippen LogP contribution in [0.2, 0.25) is 0 Å². The molecule has 5 aromatic rings. The van der Waals surface area contributed by atoms with E-state index in [2.05, 4.69) is 47.7 Å². The highest BCUT2D eigenvalue weighted by Gasteiger charge is 2.25. The Labute approximate surface area is 192 Å². The fraction of sp³-hybridized carbons (Fsp3) is 0.207. The number of nitrogens with zero attached hydrogens (tertiary/aromatic N) is 2. The van der Waals surface area contributed by atoms with E-state index >= 15 is 4.39 Å². The van der Waals surface area contributed by atoms with Gasteiger partial charge in [0.25, 0.3) is 0 Å². The number of hydrogen-bond donors (Lipinski definition) is 0. The molecule has 0 saturated heterocycles. The van der Waals surface area contributed by atoms with Crippen LogP contribution in [0.4, 0.5) is 4.39 Å². The van der Waals surface area contributed by atoms with Crippen LogP contribution in [0.5, 0.6) is 0 Å². The summed E-state index contributed by atoms with van der Waals surface area (Å²) in [5.74, 6) is -0.238. The SMILES string of the molecule is Cc1ccc2c(oc3c(-c4cccc5c4CCN(C)C5)c(F)ccc32)c1-c1cccc[n+]1C. The van der Waals surface area contributed by atoms with Crippen LogP contribution >= 0.6 is 0 Å². The van der Waals surface area contributed by atoms with Crippen molar-refractivity contribution in [3.8, 4) is 22.4 Å². The van der Waals surface area contributed by atoms with Gasteiger partial charge in [-0.3, -0.25) is 0 Å². The van der Waals surface area contributed by atoms with E-state index in [1.54, 1.807) is 6.07 Å². The zero-order valence-electron chi connectivity index (χ0n) is 19.2. The Kier molecular flexibility index (Phi) is 4.59. The molecule has 0 spiro atoms. The average Bonchev–Trinajstić information content (AvgIpc) is 3.17. The van der Waals surface area contributed by atoms with Crippen LogP contribution in [0.15, 0.2) is 71.3 Å². The Bertz CT molecular complexity index is 1550. The van der Waals surface area contributed by atoms with Crippen molar-refractivity contribution in [2.75, 3.05) is 13.6 Å². The summed E-state index contributed by atoms with van der Waals surface area (Å²) in [6, 6.07) is 20.0. The second-order valence-corrected chi connectivity index (χ2v) is 9.16. The maximum absolute atomic E-state index is 15.5. The number of aromatic nitrogens is 1. The van der Waals surface area contributed by atoms with Gasteiger partial charge in [-0.05, 0) is 60.8 Å². The van der Waals surface area contributed by atoms with Gasteiger partial charge < -0.3 is 9.32 Å². The third-order valence-electron chi connectivity index (χ3n) is 7.00. The molecule has 4 heteroatoms. The maximum Gasteiger partial charge on any atom is 0.216 e. The number of aryl methyl sites for hydroxylation is 2. The first-order chi connectivity index (χ1) is 16.0. The third-order valence-corrected chi connectivity index (χ3v) is 7.00. The van der Waals surface area contributed by atoms with Crippen molar-refractivity contribution in [2.45, 2.75) is 19.9 Å². The molecule has 3 nitrogen and oxygen atoms in total. The minimum absolute atomic E-state index is 0.238. The summed E-state index contributed by atoms with van der Waals surface area (Å²) in [6.07, 6.45) is 2.94. The first-order valence-electron chi connectivity index (χ1n) is 11.4. The average molecular weight is 438 g/mol. The van der Waals surface area contributed by atoms with Crippen LogP contribution in [0.25, 0.3) is 44.3 Å². The van der Waals surface area contributed by atoms with E-state index in [4.69, 9.17) is 4.42 Å². The first kappa shape index (κ1) is 20.1. The van der Waals surface area contributed by atoms with Gasteiger partial charge in [0.1, 0.15) is 24.0 Å². The number of rotatable bonds is 2. The van der Waals surface area contributed by atoms with Gasteiger partial charge in [-0.25, -0.2) is 8.96 Å². The monoisotopic (exact) mass is 437 g/mol. The molecule has 3 aromatic carbocycles. The largest absolute Gasteiger partial charge is 0.454 e. The Morgan fingerprint density at radius 2 is 1.70 bits per heavy atom. The number of benzene rings is 3. The fourth-order valence-corrected chi connectivity index (χ4v) is 5.32. The topological polar surface area (TPSA) is 20.3 Å². The van der Waals surface area contributed by atoms with Crippen molar-refractivity contribution >= 4 is 21.9 Å². The lowest BCUT2D eigenvalue weighted by molar-refractivity contribution is -0.660. The molecule has 33 heavy (non-hydrogen) atoms. The van der Waals surface area contributed by atoms with Gasteiger partial charge in [-0.15, -0.1) is 0 Å². The molecule has 0 fully saturated rings. The summed E-state index contributed by atoms with van der Waals surface area (Å²) in [5, 5.41) is 1.96. The van der Waals surface area contributed by atoms with Gasteiger partial charge in [-0.1, -0.05) is 30.3 Å². The van der Waals surface area contributed by atoms with Gasteiger partial charge in [-0.2, -0.15) is 0 Å². The highest BCUT2D eigenvalue weighted by atomic mass is 19.1. The molecule has 164 valence electrons. The number of furan rings is 1. The molecule has 6 rings (SSSR count). The standard InChI is InChI=1S/C29H26FN2O/c1-18-10-11-22-23-12-13-24(30)27(21-8-6-7-19-17-31(2)16-14-20(19)21)29(23)33-28(22)26(18)25-9-4-5-15-32(25)3/h4-13,15H,14,16-17H2,1-3H3/q+1. The minimum Gasteiger partial charge on any atom is -0.454 e. The van der Waals surface area contributed by atoms with Gasteiger partial charge in [0, 0.05) is 36.0 Å². The Morgan fingerprint density at radius 3 is 2.52 bits per heavy atom. The van der Waals surface area contributed by atoms with Crippen molar-refractivity contribution in [3.05, 3.63) is 89.4 Å². The molecule has 0 aliphatic carbocycles. The van der Waals surface area contributed by atoms with Crippen molar-refractivity contribution in [1.29, 1.82) is 0 Å². The first-order valence-corrected chi connectivity index (χ1v) is 11.4. The molecule has 3 heterocycles. The summed E-state index contributed by atoms with van der Waals surface area (Å²) in [5.41, 5.74) is 8.71. The van der Waals surface area contributed by atoms with Crippen LogP contribution < -0.4 is 4.57 Å². The maximum atomic E-state index is 15.5. The summed E-state index contributed by atoms with van der Waals surface area (Å²) < 4.78 is 24.2. The Morgan fingerprint density at radius 1 is 0.909 bits per heavy atom. The van der Waals surface area contributed by atoms with Gasteiger partial charge >= 0.3 is 0 Å². The number of hydrogen-bond acceptors (Lipinski definition) is 2. The lowest BCUT2D eigenvalue weighted by Crippen LogP contribution is -2.30. The van der Waals surface area contributed by atoms with Crippen LogP contribution in [0.1, 0.15) is 16.7 Å². The van der Waals surface area contributed by atoms with E-state index in [0.717, 1.165) is 58.3 Å². The smallest absolute Gasteiger partial charge is 0.216 e. The fourth-order valence-electron chi connectivity index (χ4n) is 5.32. The zero-order valence-corrected chi connectivity index (χ0v) is 19.2. The highest BCUT2D eigenvalue weighted by Crippen LogP contribution is 2.43. The van der Waals surface area contributed by atoms with Gasteiger partial charge in [0.2, 0.25) is 5.69 Å². The molecule has 0 amide bonds. The van der Waals surface area contributed by atoms with E-state index < -0.39 is 0 Å². The minimum atomic E-state index is -0.238. The second-order valence-electron chi connectivity index (χ2n) is 9.16. The van der Waals surface area contributed by atoms with E-state index in [1.165, 1.54) is 11.1 Å². The van der Waals surface area contributed by atoms with Crippen molar-refractivity contribution in [3.63, 3.8) is 0 Å². The van der Waals surface area contributed by atoms with Crippen LogP contribution in [-0.2, 0) is 20.0 Å². The predicted octanol–water partition coefficient (Wildman–Crippen LogP) is 6.18. The summed E-state index contributed by atoms with van der Waals surface area (Å²) in [7, 11) is 4.16. The number of likely N-dealkylation sites (N-methyl/N-ethyl adjacent to an activating group) is 1. The van der Waals surface area contributed by atoms with Crippen LogP contribution in [0, 0.1) is 12.7 Å². The Balaban J connectivity index is 1.68.